The third-order valence-electron chi connectivity index (χ3n) is 4.49. The SMILES string of the molecule is COc1ccc(C)cc1N(CCC(=O)NCc1ccc2c(c1)OCO2)C(C)=O. The van der Waals surface area contributed by atoms with Crippen molar-refractivity contribution in [3.8, 4) is 17.2 Å². The van der Waals surface area contributed by atoms with Crippen molar-refractivity contribution in [2.45, 2.75) is 26.8 Å². The predicted molar refractivity (Wildman–Crippen MR) is 105 cm³/mol. The normalized spacial score (nSPS) is 11.8. The Bertz CT molecular complexity index is 881. The van der Waals surface area contributed by atoms with Crippen molar-refractivity contribution in [2.75, 3.05) is 25.3 Å². The highest BCUT2D eigenvalue weighted by molar-refractivity contribution is 5.94. The molecular weight excluding hydrogens is 360 g/mol. The maximum absolute atomic E-state index is 12.3. The molecule has 0 bridgehead atoms. The van der Waals surface area contributed by atoms with Crippen molar-refractivity contribution in [3.05, 3.63) is 47.5 Å². The molecule has 7 nitrogen and oxygen atoms in total. The molecule has 7 heteroatoms. The zero-order chi connectivity index (χ0) is 20.1. The smallest absolute Gasteiger partial charge is 0.231 e. The monoisotopic (exact) mass is 384 g/mol. The Hall–Kier alpha value is -3.22. The standard InChI is InChI=1S/C21H24N2O5/c1-14-4-6-18(26-3)17(10-14)23(15(2)24)9-8-21(25)22-12-16-5-7-19-20(11-16)28-13-27-19/h4-7,10-11H,8-9,12-13H2,1-3H3,(H,22,25). The number of anilines is 1. The first-order valence-electron chi connectivity index (χ1n) is 9.06. The molecule has 1 heterocycles. The number of nitrogens with zero attached hydrogens (tertiary/aromatic N) is 1. The van der Waals surface area contributed by atoms with E-state index in [4.69, 9.17) is 14.2 Å². The van der Waals surface area contributed by atoms with E-state index in [1.807, 2.05) is 43.3 Å². The van der Waals surface area contributed by atoms with E-state index in [-0.39, 0.29) is 31.6 Å². The molecule has 0 aliphatic carbocycles. The molecule has 1 aliphatic heterocycles. The highest BCUT2D eigenvalue weighted by Gasteiger charge is 2.18. The molecule has 148 valence electrons. The van der Waals surface area contributed by atoms with Gasteiger partial charge in [-0.15, -0.1) is 0 Å². The largest absolute Gasteiger partial charge is 0.495 e. The number of carbonyl (C=O) groups excluding carboxylic acids is 2. The Morgan fingerprint density at radius 2 is 1.93 bits per heavy atom. The molecule has 2 aromatic rings. The minimum Gasteiger partial charge on any atom is -0.495 e. The summed E-state index contributed by atoms with van der Waals surface area (Å²) >= 11 is 0. The summed E-state index contributed by atoms with van der Waals surface area (Å²) in [5.41, 5.74) is 2.59. The van der Waals surface area contributed by atoms with Crippen LogP contribution in [-0.2, 0) is 16.1 Å². The van der Waals surface area contributed by atoms with Gasteiger partial charge in [-0.1, -0.05) is 12.1 Å². The number of nitrogens with one attached hydrogen (secondary N) is 1. The van der Waals surface area contributed by atoms with Crippen LogP contribution in [0.5, 0.6) is 17.2 Å². The first-order valence-corrected chi connectivity index (χ1v) is 9.06. The zero-order valence-electron chi connectivity index (χ0n) is 16.3. The number of hydrogen-bond acceptors (Lipinski definition) is 5. The summed E-state index contributed by atoms with van der Waals surface area (Å²) in [7, 11) is 1.56. The van der Waals surface area contributed by atoms with Crippen molar-refractivity contribution >= 4 is 17.5 Å². The Balaban J connectivity index is 1.59. The van der Waals surface area contributed by atoms with Gasteiger partial charge in [0, 0.05) is 26.4 Å². The van der Waals surface area contributed by atoms with Crippen molar-refractivity contribution in [1.29, 1.82) is 0 Å². The second kappa shape index (κ2) is 8.65. The van der Waals surface area contributed by atoms with Crippen LogP contribution in [0.1, 0.15) is 24.5 Å². The first-order chi connectivity index (χ1) is 13.5. The fourth-order valence-electron chi connectivity index (χ4n) is 3.01. The number of ether oxygens (including phenoxy) is 3. The molecule has 0 saturated carbocycles. The Kier molecular flexibility index (Phi) is 6.03. The molecule has 28 heavy (non-hydrogen) atoms. The fraction of sp³-hybridized carbons (Fsp3) is 0.333. The maximum atomic E-state index is 12.3. The van der Waals surface area contributed by atoms with Crippen LogP contribution in [0.3, 0.4) is 0 Å². The number of benzene rings is 2. The lowest BCUT2D eigenvalue weighted by atomic mass is 10.1. The number of aryl methyl sites for hydroxylation is 1. The van der Waals surface area contributed by atoms with Gasteiger partial charge in [-0.25, -0.2) is 0 Å². The zero-order valence-corrected chi connectivity index (χ0v) is 16.3. The number of hydrogen-bond donors (Lipinski definition) is 1. The molecule has 0 unspecified atom stereocenters. The number of methoxy groups -OCH3 is 1. The van der Waals surface area contributed by atoms with E-state index in [2.05, 4.69) is 5.32 Å². The quantitative estimate of drug-likeness (QED) is 0.794. The molecule has 0 aromatic heterocycles. The molecule has 1 N–H and O–H groups in total. The second-order valence-corrected chi connectivity index (χ2v) is 6.56. The Morgan fingerprint density at radius 1 is 1.14 bits per heavy atom. The number of fused-ring (bicyclic) bond motifs is 1. The van der Waals surface area contributed by atoms with Crippen LogP contribution < -0.4 is 24.4 Å². The fourth-order valence-corrected chi connectivity index (χ4v) is 3.01. The van der Waals surface area contributed by atoms with Gasteiger partial charge in [0.05, 0.1) is 12.8 Å². The molecule has 0 spiro atoms. The molecule has 2 amide bonds. The summed E-state index contributed by atoms with van der Waals surface area (Å²) in [6.07, 6.45) is 0.182. The van der Waals surface area contributed by atoms with Gasteiger partial charge in [-0.05, 0) is 42.3 Å². The van der Waals surface area contributed by atoms with Gasteiger partial charge in [0.25, 0.3) is 0 Å². The van der Waals surface area contributed by atoms with Crippen LogP contribution in [0.15, 0.2) is 36.4 Å². The van der Waals surface area contributed by atoms with Crippen molar-refractivity contribution < 1.29 is 23.8 Å². The number of rotatable bonds is 7. The second-order valence-electron chi connectivity index (χ2n) is 6.56. The molecular formula is C21H24N2O5. The summed E-state index contributed by atoms with van der Waals surface area (Å²) < 4.78 is 16.0. The van der Waals surface area contributed by atoms with Crippen molar-refractivity contribution in [3.63, 3.8) is 0 Å². The highest BCUT2D eigenvalue weighted by Crippen LogP contribution is 2.32. The Morgan fingerprint density at radius 3 is 2.68 bits per heavy atom. The van der Waals surface area contributed by atoms with Gasteiger partial charge in [0.1, 0.15) is 5.75 Å². The van der Waals surface area contributed by atoms with Gasteiger partial charge in [-0.3, -0.25) is 9.59 Å². The van der Waals surface area contributed by atoms with Gasteiger partial charge < -0.3 is 24.4 Å². The Labute approximate surface area is 164 Å². The minimum absolute atomic E-state index is 0.143. The molecule has 3 rings (SSSR count). The summed E-state index contributed by atoms with van der Waals surface area (Å²) in [6, 6.07) is 11.2. The van der Waals surface area contributed by atoms with E-state index >= 15 is 0 Å². The molecule has 0 fully saturated rings. The number of carbonyl (C=O) groups is 2. The van der Waals surface area contributed by atoms with Crippen LogP contribution >= 0.6 is 0 Å². The van der Waals surface area contributed by atoms with E-state index in [1.54, 1.807) is 12.0 Å². The van der Waals surface area contributed by atoms with Crippen LogP contribution in [0.25, 0.3) is 0 Å². The third-order valence-corrected chi connectivity index (χ3v) is 4.49. The lowest BCUT2D eigenvalue weighted by Crippen LogP contribution is -2.34. The van der Waals surface area contributed by atoms with Crippen molar-refractivity contribution in [2.24, 2.45) is 0 Å². The lowest BCUT2D eigenvalue weighted by molar-refractivity contribution is -0.121. The van der Waals surface area contributed by atoms with Crippen LogP contribution in [0.4, 0.5) is 5.69 Å². The predicted octanol–water partition coefficient (Wildman–Crippen LogP) is 2.79. The summed E-state index contributed by atoms with van der Waals surface area (Å²) in [4.78, 5) is 26.0. The van der Waals surface area contributed by atoms with Gasteiger partial charge in [-0.2, -0.15) is 0 Å². The molecule has 1 aliphatic rings. The van der Waals surface area contributed by atoms with Gasteiger partial charge >= 0.3 is 0 Å². The topological polar surface area (TPSA) is 77.1 Å². The van der Waals surface area contributed by atoms with Gasteiger partial charge in [0.2, 0.25) is 18.6 Å². The van der Waals surface area contributed by atoms with E-state index < -0.39 is 0 Å². The molecule has 0 atom stereocenters. The van der Waals surface area contributed by atoms with Crippen LogP contribution in [0, 0.1) is 6.92 Å². The van der Waals surface area contributed by atoms with Crippen molar-refractivity contribution in [1.82, 2.24) is 5.32 Å². The summed E-state index contributed by atoms with van der Waals surface area (Å²) in [6.45, 7) is 4.28. The van der Waals surface area contributed by atoms with Crippen LogP contribution in [-0.4, -0.2) is 32.3 Å². The van der Waals surface area contributed by atoms with E-state index in [0.29, 0.717) is 29.5 Å². The minimum atomic E-state index is -0.146. The van der Waals surface area contributed by atoms with E-state index in [1.165, 1.54) is 6.92 Å². The summed E-state index contributed by atoms with van der Waals surface area (Å²) in [5.74, 6) is 1.70. The number of amides is 2. The maximum Gasteiger partial charge on any atom is 0.231 e. The average Bonchev–Trinajstić information content (AvgIpc) is 3.14. The van der Waals surface area contributed by atoms with Crippen LogP contribution in [0.2, 0.25) is 0 Å². The van der Waals surface area contributed by atoms with E-state index in [0.717, 1.165) is 11.1 Å². The van der Waals surface area contributed by atoms with E-state index in [9.17, 15) is 9.59 Å². The third kappa shape index (κ3) is 4.54. The molecule has 0 saturated heterocycles. The average molecular weight is 384 g/mol. The highest BCUT2D eigenvalue weighted by atomic mass is 16.7. The summed E-state index contributed by atoms with van der Waals surface area (Å²) in [5, 5.41) is 2.87. The molecule has 0 radical (unpaired) electrons. The first kappa shape index (κ1) is 19.5. The lowest BCUT2D eigenvalue weighted by Gasteiger charge is -2.23. The molecule has 2 aromatic carbocycles. The van der Waals surface area contributed by atoms with Gasteiger partial charge in [0.15, 0.2) is 11.5 Å².